The normalized spacial score (nSPS) is 11.0. The Morgan fingerprint density at radius 2 is 1.57 bits per heavy atom. The van der Waals surface area contributed by atoms with Crippen LogP contribution in [0.1, 0.15) is 26.3 Å². The SMILES string of the molecule is NS(=O)(=O)c1cc(C(=O)OCc2ccc(C(=O)Nc3ccccc3)cc2)ccc1Cl. The number of para-hydroxylation sites is 1. The lowest BCUT2D eigenvalue weighted by Gasteiger charge is -2.08. The highest BCUT2D eigenvalue weighted by molar-refractivity contribution is 7.89. The number of hydrogen-bond acceptors (Lipinski definition) is 5. The van der Waals surface area contributed by atoms with E-state index in [0.29, 0.717) is 16.8 Å². The second kappa shape index (κ2) is 9.08. The van der Waals surface area contributed by atoms with E-state index in [1.807, 2.05) is 18.2 Å². The Balaban J connectivity index is 1.62. The van der Waals surface area contributed by atoms with E-state index in [0.717, 1.165) is 6.07 Å². The molecule has 0 saturated heterocycles. The molecule has 0 fully saturated rings. The molecule has 0 unspecified atom stereocenters. The number of anilines is 1. The van der Waals surface area contributed by atoms with Crippen LogP contribution in [-0.4, -0.2) is 20.3 Å². The highest BCUT2D eigenvalue weighted by atomic mass is 35.5. The van der Waals surface area contributed by atoms with Crippen LogP contribution in [-0.2, 0) is 21.4 Å². The summed E-state index contributed by atoms with van der Waals surface area (Å²) in [4.78, 5) is 24.1. The van der Waals surface area contributed by atoms with Gasteiger partial charge in [0.15, 0.2) is 0 Å². The number of ether oxygens (including phenoxy) is 1. The fourth-order valence-electron chi connectivity index (χ4n) is 2.56. The third-order valence-electron chi connectivity index (χ3n) is 4.09. The fraction of sp³-hybridized carbons (Fsp3) is 0.0476. The number of sulfonamides is 1. The molecule has 9 heteroatoms. The first-order valence-corrected chi connectivity index (χ1v) is 10.6. The first-order valence-electron chi connectivity index (χ1n) is 8.69. The lowest BCUT2D eigenvalue weighted by Crippen LogP contribution is -2.14. The highest BCUT2D eigenvalue weighted by Gasteiger charge is 2.17. The predicted molar refractivity (Wildman–Crippen MR) is 113 cm³/mol. The summed E-state index contributed by atoms with van der Waals surface area (Å²) in [7, 11) is -4.07. The van der Waals surface area contributed by atoms with E-state index in [9.17, 15) is 18.0 Å². The van der Waals surface area contributed by atoms with Gasteiger partial charge in [0, 0.05) is 11.3 Å². The third-order valence-corrected chi connectivity index (χ3v) is 5.48. The Morgan fingerprint density at radius 3 is 2.20 bits per heavy atom. The summed E-state index contributed by atoms with van der Waals surface area (Å²) in [6.07, 6.45) is 0. The summed E-state index contributed by atoms with van der Waals surface area (Å²) < 4.78 is 28.2. The largest absolute Gasteiger partial charge is 0.457 e. The van der Waals surface area contributed by atoms with Gasteiger partial charge < -0.3 is 10.1 Å². The van der Waals surface area contributed by atoms with Gasteiger partial charge in [-0.3, -0.25) is 4.79 Å². The van der Waals surface area contributed by atoms with Gasteiger partial charge in [-0.15, -0.1) is 0 Å². The van der Waals surface area contributed by atoms with Gasteiger partial charge in [-0.25, -0.2) is 18.4 Å². The van der Waals surface area contributed by atoms with Crippen molar-refractivity contribution in [3.05, 3.63) is 94.5 Å². The Labute approximate surface area is 178 Å². The fourth-order valence-corrected chi connectivity index (χ4v) is 3.63. The quantitative estimate of drug-likeness (QED) is 0.563. The highest BCUT2D eigenvalue weighted by Crippen LogP contribution is 2.22. The van der Waals surface area contributed by atoms with E-state index in [2.05, 4.69) is 5.32 Å². The van der Waals surface area contributed by atoms with Crippen LogP contribution in [0, 0.1) is 0 Å². The summed E-state index contributed by atoms with van der Waals surface area (Å²) in [5.74, 6) is -0.996. The van der Waals surface area contributed by atoms with Crippen LogP contribution in [0.5, 0.6) is 0 Å². The zero-order valence-corrected chi connectivity index (χ0v) is 17.1. The van der Waals surface area contributed by atoms with E-state index in [1.165, 1.54) is 12.1 Å². The average molecular weight is 445 g/mol. The molecule has 0 saturated carbocycles. The van der Waals surface area contributed by atoms with Gasteiger partial charge in [-0.2, -0.15) is 0 Å². The molecule has 0 radical (unpaired) electrons. The summed E-state index contributed by atoms with van der Waals surface area (Å²) in [5.41, 5.74) is 1.79. The van der Waals surface area contributed by atoms with Crippen molar-refractivity contribution in [1.82, 2.24) is 0 Å². The number of nitrogens with one attached hydrogen (secondary N) is 1. The minimum atomic E-state index is -4.07. The summed E-state index contributed by atoms with van der Waals surface area (Å²) in [6, 6.07) is 19.3. The molecule has 30 heavy (non-hydrogen) atoms. The average Bonchev–Trinajstić information content (AvgIpc) is 2.72. The molecule has 0 atom stereocenters. The molecule has 3 rings (SSSR count). The Kier molecular flexibility index (Phi) is 6.51. The van der Waals surface area contributed by atoms with E-state index >= 15 is 0 Å². The molecule has 1 amide bonds. The molecule has 0 bridgehead atoms. The van der Waals surface area contributed by atoms with E-state index in [1.54, 1.807) is 36.4 Å². The molecule has 7 nitrogen and oxygen atoms in total. The molecule has 0 spiro atoms. The number of esters is 1. The van der Waals surface area contributed by atoms with Crippen LogP contribution in [0.25, 0.3) is 0 Å². The maximum atomic E-state index is 12.3. The van der Waals surface area contributed by atoms with Gasteiger partial charge in [0.05, 0.1) is 10.6 Å². The lowest BCUT2D eigenvalue weighted by molar-refractivity contribution is 0.0472. The van der Waals surface area contributed by atoms with Crippen LogP contribution in [0.3, 0.4) is 0 Å². The van der Waals surface area contributed by atoms with Crippen molar-refractivity contribution in [2.24, 2.45) is 5.14 Å². The number of nitrogens with two attached hydrogens (primary N) is 1. The number of carbonyl (C=O) groups excluding carboxylic acids is 2. The number of rotatable bonds is 6. The molecule has 0 aliphatic heterocycles. The zero-order chi connectivity index (χ0) is 21.7. The van der Waals surface area contributed by atoms with E-state index in [4.69, 9.17) is 21.5 Å². The summed E-state index contributed by atoms with van der Waals surface area (Å²) in [6.45, 7) is -0.0627. The van der Waals surface area contributed by atoms with Crippen LogP contribution in [0.15, 0.2) is 77.7 Å². The van der Waals surface area contributed by atoms with Crippen molar-refractivity contribution in [3.8, 4) is 0 Å². The molecule has 154 valence electrons. The maximum Gasteiger partial charge on any atom is 0.338 e. The minimum absolute atomic E-state index is 0.00211. The Bertz CT molecular complexity index is 1180. The molecule has 3 aromatic carbocycles. The third kappa shape index (κ3) is 5.44. The van der Waals surface area contributed by atoms with Crippen molar-refractivity contribution in [2.45, 2.75) is 11.5 Å². The van der Waals surface area contributed by atoms with E-state index in [-0.39, 0.29) is 28.0 Å². The number of benzene rings is 3. The van der Waals surface area contributed by atoms with Crippen LogP contribution >= 0.6 is 11.6 Å². The standard InChI is InChI=1S/C21H17ClN2O5S/c22-18-11-10-16(12-19(18)30(23,27)28)21(26)29-13-14-6-8-15(9-7-14)20(25)24-17-4-2-1-3-5-17/h1-12H,13H2,(H,24,25)(H2,23,27,28). The Hall–Kier alpha value is -3.20. The van der Waals surface area contributed by atoms with Gasteiger partial charge in [0.25, 0.3) is 5.91 Å². The number of hydrogen-bond donors (Lipinski definition) is 2. The molecule has 0 aliphatic carbocycles. The summed E-state index contributed by atoms with van der Waals surface area (Å²) >= 11 is 5.81. The van der Waals surface area contributed by atoms with Crippen LogP contribution in [0.2, 0.25) is 5.02 Å². The first-order chi connectivity index (χ1) is 14.2. The van der Waals surface area contributed by atoms with Gasteiger partial charge >= 0.3 is 5.97 Å². The first kappa shape index (κ1) is 21.5. The van der Waals surface area contributed by atoms with Crippen molar-refractivity contribution in [2.75, 3.05) is 5.32 Å². The van der Waals surface area contributed by atoms with Crippen molar-refractivity contribution >= 4 is 39.2 Å². The second-order valence-electron chi connectivity index (χ2n) is 6.28. The Morgan fingerprint density at radius 1 is 0.933 bits per heavy atom. The zero-order valence-electron chi connectivity index (χ0n) is 15.5. The molecular weight excluding hydrogens is 428 g/mol. The number of carbonyl (C=O) groups is 2. The molecule has 0 aromatic heterocycles. The minimum Gasteiger partial charge on any atom is -0.457 e. The maximum absolute atomic E-state index is 12.3. The molecular formula is C21H17ClN2O5S. The topological polar surface area (TPSA) is 116 Å². The number of primary sulfonamides is 1. The van der Waals surface area contributed by atoms with Gasteiger partial charge in [0.2, 0.25) is 10.0 Å². The summed E-state index contributed by atoms with van der Waals surface area (Å²) in [5, 5.41) is 7.77. The van der Waals surface area contributed by atoms with Gasteiger partial charge in [-0.1, -0.05) is 41.9 Å². The van der Waals surface area contributed by atoms with Crippen molar-refractivity contribution in [3.63, 3.8) is 0 Å². The molecule has 0 aliphatic rings. The van der Waals surface area contributed by atoms with Gasteiger partial charge in [-0.05, 0) is 48.0 Å². The number of amides is 1. The molecule has 0 heterocycles. The monoisotopic (exact) mass is 444 g/mol. The molecule has 3 aromatic rings. The van der Waals surface area contributed by atoms with E-state index < -0.39 is 16.0 Å². The molecule has 3 N–H and O–H groups in total. The second-order valence-corrected chi connectivity index (χ2v) is 8.22. The van der Waals surface area contributed by atoms with Crippen molar-refractivity contribution < 1.29 is 22.7 Å². The van der Waals surface area contributed by atoms with Crippen molar-refractivity contribution in [1.29, 1.82) is 0 Å². The smallest absolute Gasteiger partial charge is 0.338 e. The lowest BCUT2D eigenvalue weighted by atomic mass is 10.1. The van der Waals surface area contributed by atoms with Crippen LogP contribution in [0.4, 0.5) is 5.69 Å². The predicted octanol–water partition coefficient (Wildman–Crippen LogP) is 3.60. The number of halogens is 1. The van der Waals surface area contributed by atoms with Gasteiger partial charge in [0.1, 0.15) is 11.5 Å². The van der Waals surface area contributed by atoms with Crippen LogP contribution < -0.4 is 10.5 Å².